The highest BCUT2D eigenvalue weighted by molar-refractivity contribution is 8.00. The summed E-state index contributed by atoms with van der Waals surface area (Å²) in [5.74, 6) is -0.272. The van der Waals surface area contributed by atoms with Crippen molar-refractivity contribution in [3.63, 3.8) is 0 Å². The molecule has 2 heterocycles. The van der Waals surface area contributed by atoms with Crippen LogP contribution in [-0.4, -0.2) is 32.4 Å². The lowest BCUT2D eigenvalue weighted by Crippen LogP contribution is -2.25. The Labute approximate surface area is 149 Å². The fraction of sp³-hybridized carbons (Fsp3) is 0.389. The van der Waals surface area contributed by atoms with Crippen molar-refractivity contribution < 1.29 is 9.53 Å². The number of carbonyl (C=O) groups excluding carboxylic acids is 1. The summed E-state index contributed by atoms with van der Waals surface area (Å²) in [6.07, 6.45) is 0.606. The molecule has 2 aromatic heterocycles. The van der Waals surface area contributed by atoms with Crippen molar-refractivity contribution in [3.05, 3.63) is 34.6 Å². The van der Waals surface area contributed by atoms with Crippen LogP contribution in [0, 0.1) is 0 Å². The van der Waals surface area contributed by atoms with Gasteiger partial charge in [0.25, 0.3) is 5.56 Å². The Bertz CT molecular complexity index is 977. The number of aromatic amines is 1. The van der Waals surface area contributed by atoms with Gasteiger partial charge in [0, 0.05) is 17.4 Å². The maximum atomic E-state index is 12.9. The van der Waals surface area contributed by atoms with Crippen LogP contribution in [-0.2, 0) is 16.1 Å². The van der Waals surface area contributed by atoms with Crippen molar-refractivity contribution in [1.82, 2.24) is 14.5 Å². The van der Waals surface area contributed by atoms with Crippen LogP contribution in [0.4, 0.5) is 0 Å². The third-order valence-corrected chi connectivity index (χ3v) is 5.39. The van der Waals surface area contributed by atoms with Crippen molar-refractivity contribution in [3.8, 4) is 0 Å². The van der Waals surface area contributed by atoms with Gasteiger partial charge in [0.2, 0.25) is 0 Å². The number of benzene rings is 1. The Morgan fingerprint density at radius 3 is 2.76 bits per heavy atom. The van der Waals surface area contributed by atoms with Crippen LogP contribution in [0.25, 0.3) is 21.9 Å². The SMILES string of the molecule is CCOC(=O)[C@H](CC)Sc1nc2c([nH]c3ccccc32)c(=O)n1CC. The number of thioether (sulfide) groups is 1. The number of ether oxygens (including phenoxy) is 1. The summed E-state index contributed by atoms with van der Waals surface area (Å²) in [6.45, 7) is 6.43. The second-order valence-corrected chi connectivity index (χ2v) is 6.77. The van der Waals surface area contributed by atoms with Crippen LogP contribution in [0.2, 0.25) is 0 Å². The number of aromatic nitrogens is 3. The summed E-state index contributed by atoms with van der Waals surface area (Å²) in [7, 11) is 0. The van der Waals surface area contributed by atoms with Crippen molar-refractivity contribution >= 4 is 39.7 Å². The van der Waals surface area contributed by atoms with E-state index in [2.05, 4.69) is 4.98 Å². The molecule has 3 rings (SSSR count). The molecular formula is C18H21N3O3S. The third-order valence-electron chi connectivity index (χ3n) is 4.06. The summed E-state index contributed by atoms with van der Waals surface area (Å²) >= 11 is 1.29. The molecule has 3 aromatic rings. The molecule has 0 saturated heterocycles. The van der Waals surface area contributed by atoms with Crippen LogP contribution in [0.3, 0.4) is 0 Å². The number of hydrogen-bond donors (Lipinski definition) is 1. The number of nitrogens with one attached hydrogen (secondary N) is 1. The van der Waals surface area contributed by atoms with E-state index in [1.807, 2.05) is 38.1 Å². The molecule has 0 unspecified atom stereocenters. The van der Waals surface area contributed by atoms with Crippen LogP contribution >= 0.6 is 11.8 Å². The van der Waals surface area contributed by atoms with Crippen molar-refractivity contribution in [2.75, 3.05) is 6.61 Å². The molecule has 0 aliphatic carbocycles. The van der Waals surface area contributed by atoms with Gasteiger partial charge in [-0.3, -0.25) is 14.2 Å². The van der Waals surface area contributed by atoms with Crippen LogP contribution in [0.5, 0.6) is 0 Å². The summed E-state index contributed by atoms with van der Waals surface area (Å²) in [5, 5.41) is 1.07. The third kappa shape index (κ3) is 3.16. The number of fused-ring (bicyclic) bond motifs is 3. The Morgan fingerprint density at radius 1 is 1.32 bits per heavy atom. The number of para-hydroxylation sites is 1. The van der Waals surface area contributed by atoms with Gasteiger partial charge in [-0.1, -0.05) is 36.9 Å². The lowest BCUT2D eigenvalue weighted by Gasteiger charge is -2.15. The van der Waals surface area contributed by atoms with E-state index in [9.17, 15) is 9.59 Å². The highest BCUT2D eigenvalue weighted by atomic mass is 32.2. The summed E-state index contributed by atoms with van der Waals surface area (Å²) in [6, 6.07) is 7.70. The molecule has 0 amide bonds. The average molecular weight is 359 g/mol. The van der Waals surface area contributed by atoms with Gasteiger partial charge in [0.05, 0.1) is 6.61 Å². The van der Waals surface area contributed by atoms with Crippen LogP contribution < -0.4 is 5.56 Å². The fourth-order valence-corrected chi connectivity index (χ4v) is 3.87. The lowest BCUT2D eigenvalue weighted by molar-refractivity contribution is -0.142. The molecule has 0 saturated carbocycles. The van der Waals surface area contributed by atoms with E-state index >= 15 is 0 Å². The topological polar surface area (TPSA) is 77.0 Å². The Hall–Kier alpha value is -2.28. The number of rotatable bonds is 6. The molecule has 0 spiro atoms. The van der Waals surface area contributed by atoms with Gasteiger partial charge in [0.15, 0.2) is 5.16 Å². The molecule has 0 bridgehead atoms. The number of H-pyrrole nitrogens is 1. The Morgan fingerprint density at radius 2 is 2.08 bits per heavy atom. The zero-order valence-electron chi connectivity index (χ0n) is 14.5. The van der Waals surface area contributed by atoms with Gasteiger partial charge < -0.3 is 9.72 Å². The summed E-state index contributed by atoms with van der Waals surface area (Å²) in [4.78, 5) is 32.9. The number of esters is 1. The van der Waals surface area contributed by atoms with E-state index in [4.69, 9.17) is 9.72 Å². The largest absolute Gasteiger partial charge is 0.465 e. The molecule has 25 heavy (non-hydrogen) atoms. The maximum absolute atomic E-state index is 12.9. The van der Waals surface area contributed by atoms with Crippen LogP contribution in [0.15, 0.2) is 34.2 Å². The van der Waals surface area contributed by atoms with Crippen molar-refractivity contribution in [2.24, 2.45) is 0 Å². The summed E-state index contributed by atoms with van der Waals surface area (Å²) in [5.41, 5.74) is 1.90. The summed E-state index contributed by atoms with van der Waals surface area (Å²) < 4.78 is 6.73. The molecule has 0 radical (unpaired) electrons. The van der Waals surface area contributed by atoms with Gasteiger partial charge in [-0.05, 0) is 26.3 Å². The molecule has 1 atom stereocenters. The van der Waals surface area contributed by atoms with Gasteiger partial charge in [-0.15, -0.1) is 0 Å². The van der Waals surface area contributed by atoms with Gasteiger partial charge in [-0.25, -0.2) is 4.98 Å². The first-order chi connectivity index (χ1) is 12.1. The Balaban J connectivity index is 2.15. The first-order valence-electron chi connectivity index (χ1n) is 8.45. The van der Waals surface area contributed by atoms with Gasteiger partial charge >= 0.3 is 5.97 Å². The van der Waals surface area contributed by atoms with E-state index in [-0.39, 0.29) is 16.8 Å². The first-order valence-corrected chi connectivity index (χ1v) is 9.33. The van der Waals surface area contributed by atoms with Crippen LogP contribution in [0.1, 0.15) is 27.2 Å². The quantitative estimate of drug-likeness (QED) is 0.415. The van der Waals surface area contributed by atoms with Crippen molar-refractivity contribution in [1.29, 1.82) is 0 Å². The smallest absolute Gasteiger partial charge is 0.319 e. The highest BCUT2D eigenvalue weighted by Gasteiger charge is 2.23. The monoisotopic (exact) mass is 359 g/mol. The van der Waals surface area contributed by atoms with Gasteiger partial charge in [-0.2, -0.15) is 0 Å². The van der Waals surface area contributed by atoms with E-state index < -0.39 is 0 Å². The van der Waals surface area contributed by atoms with E-state index in [0.717, 1.165) is 10.9 Å². The fourth-order valence-electron chi connectivity index (χ4n) is 2.81. The standard InChI is InChI=1S/C18H21N3O3S/c1-4-13(17(23)24-6-3)25-18-20-14-11-9-7-8-10-12(11)19-15(14)16(22)21(18)5-2/h7-10,13,19H,4-6H2,1-3H3/t13-/m0/s1. The van der Waals surface area contributed by atoms with E-state index in [0.29, 0.717) is 35.8 Å². The number of nitrogens with zero attached hydrogens (tertiary/aromatic N) is 2. The molecule has 0 aliphatic heterocycles. The molecule has 0 fully saturated rings. The molecular weight excluding hydrogens is 338 g/mol. The lowest BCUT2D eigenvalue weighted by atomic mass is 10.2. The predicted octanol–water partition coefficient (Wildman–Crippen LogP) is 3.33. The zero-order valence-corrected chi connectivity index (χ0v) is 15.4. The average Bonchev–Trinajstić information content (AvgIpc) is 2.99. The molecule has 6 nitrogen and oxygen atoms in total. The normalized spacial score (nSPS) is 12.6. The minimum atomic E-state index is -0.382. The molecule has 1 aromatic carbocycles. The molecule has 1 N–H and O–H groups in total. The maximum Gasteiger partial charge on any atom is 0.319 e. The molecule has 132 valence electrons. The minimum absolute atomic E-state index is 0.120. The highest BCUT2D eigenvalue weighted by Crippen LogP contribution is 2.28. The Kier molecular flexibility index (Phi) is 5.13. The number of hydrogen-bond acceptors (Lipinski definition) is 5. The van der Waals surface area contributed by atoms with Crippen molar-refractivity contribution in [2.45, 2.75) is 44.1 Å². The predicted molar refractivity (Wildman–Crippen MR) is 100 cm³/mol. The molecule has 0 aliphatic rings. The molecule has 7 heteroatoms. The number of carbonyl (C=O) groups is 1. The zero-order chi connectivity index (χ0) is 18.0. The van der Waals surface area contributed by atoms with Gasteiger partial charge in [0.1, 0.15) is 16.3 Å². The second-order valence-electron chi connectivity index (χ2n) is 5.60. The van der Waals surface area contributed by atoms with E-state index in [1.54, 1.807) is 11.5 Å². The first kappa shape index (κ1) is 17.5. The van der Waals surface area contributed by atoms with E-state index in [1.165, 1.54) is 11.8 Å². The second kappa shape index (κ2) is 7.31. The minimum Gasteiger partial charge on any atom is -0.465 e.